The molecular weight excluding hydrogens is 290 g/mol. The van der Waals surface area contributed by atoms with E-state index in [1.165, 1.54) is 6.42 Å². The van der Waals surface area contributed by atoms with Gasteiger partial charge >= 0.3 is 5.97 Å². The summed E-state index contributed by atoms with van der Waals surface area (Å²) < 4.78 is 10.8. The van der Waals surface area contributed by atoms with Crippen LogP contribution in [0.5, 0.6) is 0 Å². The second kappa shape index (κ2) is 7.45. The highest BCUT2D eigenvalue weighted by Crippen LogP contribution is 2.49. The van der Waals surface area contributed by atoms with E-state index in [0.717, 1.165) is 18.4 Å². The van der Waals surface area contributed by atoms with Crippen molar-refractivity contribution in [3.63, 3.8) is 0 Å². The van der Waals surface area contributed by atoms with E-state index in [-0.39, 0.29) is 24.0 Å². The number of hydrogen-bond donors (Lipinski definition) is 1. The van der Waals surface area contributed by atoms with Crippen molar-refractivity contribution in [2.24, 2.45) is 17.8 Å². The second-order valence-corrected chi connectivity index (χ2v) is 7.00. The zero-order chi connectivity index (χ0) is 16.2. The third kappa shape index (κ3) is 3.75. The average molecular weight is 317 g/mol. The molecule has 0 saturated heterocycles. The van der Waals surface area contributed by atoms with E-state index in [9.17, 15) is 4.79 Å². The lowest BCUT2D eigenvalue weighted by Gasteiger charge is -2.32. The Kier molecular flexibility index (Phi) is 5.34. The Morgan fingerprint density at radius 1 is 1.26 bits per heavy atom. The minimum atomic E-state index is -0.0387. The maximum atomic E-state index is 12.7. The highest BCUT2D eigenvalue weighted by atomic mass is 16.5. The number of methoxy groups -OCH3 is 1. The van der Waals surface area contributed by atoms with Crippen molar-refractivity contribution in [2.75, 3.05) is 13.7 Å². The molecule has 3 rings (SSSR count). The minimum absolute atomic E-state index is 0.00299. The number of fused-ring (bicyclic) bond motifs is 2. The number of esters is 1. The fourth-order valence-electron chi connectivity index (χ4n) is 4.32. The van der Waals surface area contributed by atoms with E-state index in [0.29, 0.717) is 25.0 Å². The summed E-state index contributed by atoms with van der Waals surface area (Å²) in [6.45, 7) is 3.15. The molecule has 0 unspecified atom stereocenters. The van der Waals surface area contributed by atoms with Crippen molar-refractivity contribution in [1.82, 2.24) is 5.32 Å². The molecule has 1 aromatic carbocycles. The van der Waals surface area contributed by atoms with Crippen LogP contribution in [0.15, 0.2) is 30.3 Å². The third-order valence-corrected chi connectivity index (χ3v) is 5.31. The first-order chi connectivity index (χ1) is 11.2. The van der Waals surface area contributed by atoms with Crippen LogP contribution in [0.3, 0.4) is 0 Å². The smallest absolute Gasteiger partial charge is 0.311 e. The van der Waals surface area contributed by atoms with Crippen LogP contribution in [-0.2, 0) is 20.9 Å². The Labute approximate surface area is 138 Å². The van der Waals surface area contributed by atoms with Crippen molar-refractivity contribution in [3.8, 4) is 0 Å². The fourth-order valence-corrected chi connectivity index (χ4v) is 4.32. The maximum Gasteiger partial charge on any atom is 0.311 e. The molecule has 2 fully saturated rings. The van der Waals surface area contributed by atoms with Gasteiger partial charge in [0, 0.05) is 19.2 Å². The third-order valence-electron chi connectivity index (χ3n) is 5.31. The van der Waals surface area contributed by atoms with Crippen molar-refractivity contribution >= 4 is 5.97 Å². The molecular formula is C19H27NO3. The summed E-state index contributed by atoms with van der Waals surface area (Å²) in [5.41, 5.74) is 1.04. The largest absolute Gasteiger partial charge is 0.461 e. The number of nitrogens with one attached hydrogen (secondary N) is 1. The molecule has 0 spiro atoms. The molecule has 5 atom stereocenters. The summed E-state index contributed by atoms with van der Waals surface area (Å²) in [5.74, 6) is 1.05. The fraction of sp³-hybridized carbons (Fsp3) is 0.632. The summed E-state index contributed by atoms with van der Waals surface area (Å²) in [4.78, 5) is 12.7. The van der Waals surface area contributed by atoms with Crippen LogP contribution < -0.4 is 5.32 Å². The molecule has 0 aliphatic heterocycles. The van der Waals surface area contributed by atoms with Gasteiger partial charge in [-0.05, 0) is 43.6 Å². The summed E-state index contributed by atoms with van der Waals surface area (Å²) in [7, 11) is 1.71. The molecule has 23 heavy (non-hydrogen) atoms. The maximum absolute atomic E-state index is 12.7. The Bertz CT molecular complexity index is 519. The lowest BCUT2D eigenvalue weighted by atomic mass is 9.84. The van der Waals surface area contributed by atoms with Gasteiger partial charge in [0.1, 0.15) is 6.61 Å². The lowest BCUT2D eigenvalue weighted by molar-refractivity contribution is -0.152. The number of rotatable bonds is 7. The molecule has 4 heteroatoms. The van der Waals surface area contributed by atoms with Gasteiger partial charge in [0.25, 0.3) is 0 Å². The van der Waals surface area contributed by atoms with Crippen molar-refractivity contribution in [2.45, 2.75) is 44.9 Å². The minimum Gasteiger partial charge on any atom is -0.461 e. The van der Waals surface area contributed by atoms with E-state index in [1.54, 1.807) is 7.11 Å². The Hall–Kier alpha value is -1.39. The van der Waals surface area contributed by atoms with E-state index in [4.69, 9.17) is 9.47 Å². The Morgan fingerprint density at radius 2 is 2.00 bits per heavy atom. The van der Waals surface area contributed by atoms with Crippen molar-refractivity contribution < 1.29 is 14.3 Å². The quantitative estimate of drug-likeness (QED) is 0.786. The number of ether oxygens (including phenoxy) is 2. The standard InChI is InChI=1S/C19H27NO3/c1-13(11-22-2)20-18-16-9-8-15(10-16)17(18)19(21)23-12-14-6-4-3-5-7-14/h3-7,13,15-18,20H,8-12H2,1-2H3/t13-,15-,16-,17+,18+/m0/s1. The first-order valence-corrected chi connectivity index (χ1v) is 8.64. The van der Waals surface area contributed by atoms with E-state index in [1.807, 2.05) is 30.3 Å². The highest BCUT2D eigenvalue weighted by molar-refractivity contribution is 5.74. The van der Waals surface area contributed by atoms with Gasteiger partial charge in [0.05, 0.1) is 12.5 Å². The van der Waals surface area contributed by atoms with Gasteiger partial charge in [0.2, 0.25) is 0 Å². The van der Waals surface area contributed by atoms with Gasteiger partial charge < -0.3 is 14.8 Å². The van der Waals surface area contributed by atoms with Crippen molar-refractivity contribution in [1.29, 1.82) is 0 Å². The Balaban J connectivity index is 1.60. The van der Waals surface area contributed by atoms with Crippen LogP contribution in [0, 0.1) is 17.8 Å². The van der Waals surface area contributed by atoms with Crippen LogP contribution >= 0.6 is 0 Å². The molecule has 0 heterocycles. The highest BCUT2D eigenvalue weighted by Gasteiger charge is 2.51. The molecule has 2 saturated carbocycles. The summed E-state index contributed by atoms with van der Waals surface area (Å²) in [5, 5.41) is 3.61. The number of carbonyl (C=O) groups excluding carboxylic acids is 1. The van der Waals surface area contributed by atoms with Gasteiger partial charge in [-0.2, -0.15) is 0 Å². The molecule has 1 N–H and O–H groups in total. The van der Waals surface area contributed by atoms with Gasteiger partial charge in [-0.15, -0.1) is 0 Å². The van der Waals surface area contributed by atoms with Crippen LogP contribution in [0.1, 0.15) is 31.7 Å². The predicted molar refractivity (Wildman–Crippen MR) is 88.8 cm³/mol. The molecule has 0 amide bonds. The average Bonchev–Trinajstić information content (AvgIpc) is 3.15. The Morgan fingerprint density at radius 3 is 2.74 bits per heavy atom. The van der Waals surface area contributed by atoms with Gasteiger partial charge in [-0.3, -0.25) is 4.79 Å². The molecule has 2 bridgehead atoms. The second-order valence-electron chi connectivity index (χ2n) is 7.00. The zero-order valence-corrected chi connectivity index (χ0v) is 14.0. The zero-order valence-electron chi connectivity index (χ0n) is 14.0. The predicted octanol–water partition coefficient (Wildman–Crippen LogP) is 2.77. The monoisotopic (exact) mass is 317 g/mol. The normalized spacial score (nSPS) is 30.3. The van der Waals surface area contributed by atoms with E-state index in [2.05, 4.69) is 12.2 Å². The van der Waals surface area contributed by atoms with E-state index >= 15 is 0 Å². The number of hydrogen-bond acceptors (Lipinski definition) is 4. The summed E-state index contributed by atoms with van der Waals surface area (Å²) in [6.07, 6.45) is 3.54. The van der Waals surface area contributed by atoms with Crippen LogP contribution in [0.2, 0.25) is 0 Å². The SMILES string of the molecule is COC[C@H](C)N[C@@H]1[C@H]2CC[C@@H](C2)[C@H]1C(=O)OCc1ccccc1. The molecule has 0 radical (unpaired) electrons. The molecule has 4 nitrogen and oxygen atoms in total. The van der Waals surface area contributed by atoms with Gasteiger partial charge in [-0.25, -0.2) is 0 Å². The number of carbonyl (C=O) groups is 1. The molecule has 126 valence electrons. The topological polar surface area (TPSA) is 47.6 Å². The van der Waals surface area contributed by atoms with E-state index < -0.39 is 0 Å². The van der Waals surface area contributed by atoms with Gasteiger partial charge in [0.15, 0.2) is 0 Å². The van der Waals surface area contributed by atoms with Gasteiger partial charge in [-0.1, -0.05) is 30.3 Å². The molecule has 1 aromatic rings. The van der Waals surface area contributed by atoms with Crippen LogP contribution in [0.25, 0.3) is 0 Å². The summed E-state index contributed by atoms with van der Waals surface area (Å²) >= 11 is 0. The first-order valence-electron chi connectivity index (χ1n) is 8.64. The van der Waals surface area contributed by atoms with Crippen molar-refractivity contribution in [3.05, 3.63) is 35.9 Å². The molecule has 0 aromatic heterocycles. The molecule has 2 aliphatic rings. The molecule has 2 aliphatic carbocycles. The van der Waals surface area contributed by atoms with Crippen LogP contribution in [-0.4, -0.2) is 31.8 Å². The first kappa shape index (κ1) is 16.5. The summed E-state index contributed by atoms with van der Waals surface area (Å²) in [6, 6.07) is 10.4. The number of benzene rings is 1. The lowest BCUT2D eigenvalue weighted by Crippen LogP contribution is -2.49. The van der Waals surface area contributed by atoms with Crippen LogP contribution in [0.4, 0.5) is 0 Å².